The van der Waals surface area contributed by atoms with Crippen LogP contribution in [-0.4, -0.2) is 34.9 Å². The first-order valence-electron chi connectivity index (χ1n) is 9.26. The maximum Gasteiger partial charge on any atom is 0.0886 e. The summed E-state index contributed by atoms with van der Waals surface area (Å²) in [5, 5.41) is 0. The molecular formula is C22H26N6. The van der Waals surface area contributed by atoms with Crippen LogP contribution in [0.1, 0.15) is 27.7 Å². The lowest BCUT2D eigenvalue weighted by molar-refractivity contribution is 1.09. The molecule has 0 saturated carbocycles. The Morgan fingerprint density at radius 3 is 0.929 bits per heavy atom. The Labute approximate surface area is 165 Å². The second-order valence-electron chi connectivity index (χ2n) is 6.95. The van der Waals surface area contributed by atoms with Gasteiger partial charge in [0.2, 0.25) is 0 Å². The van der Waals surface area contributed by atoms with Gasteiger partial charge in [-0.1, -0.05) is 24.3 Å². The molecule has 2 aromatic carbocycles. The fourth-order valence-corrected chi connectivity index (χ4v) is 2.95. The summed E-state index contributed by atoms with van der Waals surface area (Å²) in [6.45, 7) is 7.62. The van der Waals surface area contributed by atoms with Gasteiger partial charge in [-0.15, -0.1) is 0 Å². The highest BCUT2D eigenvalue weighted by Crippen LogP contribution is 2.30. The number of benzene rings is 2. The van der Waals surface area contributed by atoms with Gasteiger partial charge in [0.15, 0.2) is 0 Å². The average molecular weight is 374 g/mol. The Hall–Kier alpha value is -2.96. The molecule has 0 radical (unpaired) electrons. The van der Waals surface area contributed by atoms with Crippen molar-refractivity contribution in [3.8, 4) is 0 Å². The minimum Gasteiger partial charge on any atom is -0.318 e. The van der Waals surface area contributed by atoms with Gasteiger partial charge in [-0.3, -0.25) is 20.0 Å². The maximum atomic E-state index is 6.41. The lowest BCUT2D eigenvalue weighted by atomic mass is 10.1. The van der Waals surface area contributed by atoms with E-state index in [9.17, 15) is 0 Å². The summed E-state index contributed by atoms with van der Waals surface area (Å²) < 4.78 is 0. The minimum absolute atomic E-state index is 0.401. The first kappa shape index (κ1) is 19.8. The van der Waals surface area contributed by atoms with E-state index in [2.05, 4.69) is 0 Å². The summed E-state index contributed by atoms with van der Waals surface area (Å²) in [7, 11) is 0. The molecule has 0 atom stereocenters. The van der Waals surface area contributed by atoms with E-state index in [0.717, 1.165) is 45.6 Å². The molecule has 28 heavy (non-hydrogen) atoms. The minimum atomic E-state index is -0.401. The largest absolute Gasteiger partial charge is 0.318 e. The van der Waals surface area contributed by atoms with Crippen molar-refractivity contribution in [1.82, 2.24) is 0 Å². The van der Waals surface area contributed by atoms with Gasteiger partial charge in [-0.2, -0.15) is 0 Å². The van der Waals surface area contributed by atoms with Crippen LogP contribution < -0.4 is 11.5 Å². The molecular weight excluding hydrogens is 348 g/mol. The van der Waals surface area contributed by atoms with Gasteiger partial charge in [-0.25, -0.2) is 0 Å². The van der Waals surface area contributed by atoms with Gasteiger partial charge in [0.1, 0.15) is 0 Å². The molecule has 0 amide bonds. The number of rotatable bonds is 0. The van der Waals surface area contributed by atoms with E-state index in [1.807, 2.05) is 76.2 Å². The second kappa shape index (κ2) is 8.37. The first-order valence-corrected chi connectivity index (χ1v) is 9.26. The summed E-state index contributed by atoms with van der Waals surface area (Å²) in [6.07, 6.45) is 0. The van der Waals surface area contributed by atoms with E-state index < -0.39 is 12.1 Å². The lowest BCUT2D eigenvalue weighted by Gasteiger charge is -2.16. The molecule has 4 N–H and O–H groups in total. The highest BCUT2D eigenvalue weighted by molar-refractivity contribution is 6.13. The molecule has 6 heteroatoms. The molecule has 0 saturated heterocycles. The molecule has 0 spiro atoms. The van der Waals surface area contributed by atoms with E-state index >= 15 is 0 Å². The number of fused-ring (bicyclic) bond motifs is 2. The zero-order valence-corrected chi connectivity index (χ0v) is 16.7. The molecule has 6 nitrogen and oxygen atoms in total. The van der Waals surface area contributed by atoms with E-state index in [0.29, 0.717) is 0 Å². The van der Waals surface area contributed by atoms with Crippen molar-refractivity contribution in [2.75, 3.05) is 0 Å². The van der Waals surface area contributed by atoms with Gasteiger partial charge in [0.05, 0.1) is 34.8 Å². The van der Waals surface area contributed by atoms with Crippen molar-refractivity contribution in [3.05, 3.63) is 48.5 Å². The highest BCUT2D eigenvalue weighted by atomic mass is 14.9. The van der Waals surface area contributed by atoms with Crippen LogP contribution in [0.5, 0.6) is 0 Å². The highest BCUT2D eigenvalue weighted by Gasteiger charge is 2.15. The van der Waals surface area contributed by atoms with Crippen LogP contribution in [-0.2, 0) is 0 Å². The summed E-state index contributed by atoms with van der Waals surface area (Å²) in [5.41, 5.74) is 18.9. The third kappa shape index (κ3) is 4.30. The Morgan fingerprint density at radius 1 is 0.500 bits per heavy atom. The number of para-hydroxylation sites is 4. The van der Waals surface area contributed by atoms with E-state index in [-0.39, 0.29) is 0 Å². The molecule has 0 aromatic heterocycles. The Kier molecular flexibility index (Phi) is 5.92. The summed E-state index contributed by atoms with van der Waals surface area (Å²) in [6, 6.07) is 14.6. The van der Waals surface area contributed by atoms with Crippen LogP contribution in [0.15, 0.2) is 68.5 Å². The Morgan fingerprint density at radius 2 is 0.714 bits per heavy atom. The summed E-state index contributed by atoms with van der Waals surface area (Å²) in [4.78, 5) is 18.9. The van der Waals surface area contributed by atoms with Gasteiger partial charge in [-0.05, 0) is 52.0 Å². The van der Waals surface area contributed by atoms with Crippen LogP contribution in [0.2, 0.25) is 0 Å². The smallest absolute Gasteiger partial charge is 0.0886 e. The molecule has 1 aliphatic rings. The SMILES string of the molecule is CC1=Nc2ccccc2N=C(C)C(N)C(C)=Nc2ccccc2N=C(C)C1N. The molecule has 0 bridgehead atoms. The van der Waals surface area contributed by atoms with Crippen LogP contribution in [0.25, 0.3) is 0 Å². The number of nitrogens with zero attached hydrogens (tertiary/aromatic N) is 4. The van der Waals surface area contributed by atoms with Crippen LogP contribution in [0.4, 0.5) is 22.7 Å². The van der Waals surface area contributed by atoms with Crippen molar-refractivity contribution >= 4 is 45.6 Å². The zero-order chi connectivity index (χ0) is 20.3. The van der Waals surface area contributed by atoms with Crippen molar-refractivity contribution in [2.24, 2.45) is 31.4 Å². The summed E-state index contributed by atoms with van der Waals surface area (Å²) in [5.74, 6) is 0. The van der Waals surface area contributed by atoms with Crippen LogP contribution >= 0.6 is 0 Å². The van der Waals surface area contributed by atoms with Crippen molar-refractivity contribution in [3.63, 3.8) is 0 Å². The van der Waals surface area contributed by atoms with Crippen LogP contribution in [0, 0.1) is 0 Å². The number of nitrogens with two attached hydrogens (primary N) is 2. The standard InChI is InChI=1S/C22H26N6/c1-13-21(23)14(2)26-19-11-7-8-12-20(19)28-16(4)22(24)15(3)27-18-10-6-5-9-17(18)25-13/h5-12,21-22H,23-24H2,1-4H3. The van der Waals surface area contributed by atoms with Crippen LogP contribution in [0.3, 0.4) is 0 Å². The van der Waals surface area contributed by atoms with E-state index in [1.165, 1.54) is 0 Å². The van der Waals surface area contributed by atoms with Crippen molar-refractivity contribution < 1.29 is 0 Å². The normalized spacial score (nSPS) is 20.6. The number of aliphatic imine (C=N–C) groups is 4. The molecule has 1 aliphatic heterocycles. The van der Waals surface area contributed by atoms with Crippen molar-refractivity contribution in [1.29, 1.82) is 0 Å². The quantitative estimate of drug-likeness (QED) is 0.713. The first-order chi connectivity index (χ1) is 13.4. The fraction of sp³-hybridized carbons (Fsp3) is 0.273. The van der Waals surface area contributed by atoms with Gasteiger partial charge in [0, 0.05) is 22.8 Å². The van der Waals surface area contributed by atoms with E-state index in [1.54, 1.807) is 0 Å². The Bertz CT molecular complexity index is 840. The lowest BCUT2D eigenvalue weighted by Crippen LogP contribution is -2.36. The molecule has 2 aromatic rings. The zero-order valence-electron chi connectivity index (χ0n) is 16.7. The Balaban J connectivity index is 2.23. The second-order valence-corrected chi connectivity index (χ2v) is 6.95. The van der Waals surface area contributed by atoms with E-state index in [4.69, 9.17) is 31.4 Å². The van der Waals surface area contributed by atoms with Gasteiger partial charge in [0.25, 0.3) is 0 Å². The maximum absolute atomic E-state index is 6.41. The average Bonchev–Trinajstić information content (AvgIpc) is 2.68. The molecule has 144 valence electrons. The molecule has 1 heterocycles. The topological polar surface area (TPSA) is 101 Å². The monoisotopic (exact) mass is 374 g/mol. The number of hydrogen-bond acceptors (Lipinski definition) is 6. The predicted octanol–water partition coefficient (Wildman–Crippen LogP) is 4.42. The van der Waals surface area contributed by atoms with Gasteiger partial charge >= 0.3 is 0 Å². The molecule has 0 aliphatic carbocycles. The number of hydrogen-bond donors (Lipinski definition) is 2. The molecule has 0 unspecified atom stereocenters. The summed E-state index contributed by atoms with van der Waals surface area (Å²) >= 11 is 0. The predicted molar refractivity (Wildman–Crippen MR) is 120 cm³/mol. The van der Waals surface area contributed by atoms with Gasteiger partial charge < -0.3 is 11.5 Å². The third-order valence-electron chi connectivity index (χ3n) is 4.75. The molecule has 3 rings (SSSR count). The fourth-order valence-electron chi connectivity index (χ4n) is 2.95. The third-order valence-corrected chi connectivity index (χ3v) is 4.75. The van der Waals surface area contributed by atoms with Crippen molar-refractivity contribution in [2.45, 2.75) is 39.8 Å². The molecule has 0 fully saturated rings.